The molecule has 0 aliphatic heterocycles. The lowest BCUT2D eigenvalue weighted by Gasteiger charge is -1.91. The van der Waals surface area contributed by atoms with Crippen molar-refractivity contribution in [2.75, 3.05) is 11.5 Å². The molecule has 2 heterocycles. The number of nitrogens with two attached hydrogens (primary N) is 2. The van der Waals surface area contributed by atoms with E-state index in [0.29, 0.717) is 5.82 Å². The minimum atomic E-state index is 0.541. The minimum absolute atomic E-state index is 0.541. The number of hydrogen-bond acceptors (Lipinski definition) is 4. The maximum Gasteiger partial charge on any atom is 0.127 e. The van der Waals surface area contributed by atoms with Gasteiger partial charge in [-0.2, -0.15) is 0 Å². The van der Waals surface area contributed by atoms with Crippen molar-refractivity contribution in [1.29, 1.82) is 0 Å². The fourth-order valence-corrected chi connectivity index (χ4v) is 1.78. The lowest BCUT2D eigenvalue weighted by molar-refractivity contribution is 1.45. The van der Waals surface area contributed by atoms with Gasteiger partial charge < -0.3 is 11.5 Å². The van der Waals surface area contributed by atoms with Gasteiger partial charge in [-0.15, -0.1) is 11.3 Å². The van der Waals surface area contributed by atoms with Gasteiger partial charge in [-0.3, -0.25) is 0 Å². The predicted molar refractivity (Wildman–Crippen MR) is 48.4 cm³/mol. The van der Waals surface area contributed by atoms with Crippen LogP contribution >= 0.6 is 11.3 Å². The van der Waals surface area contributed by atoms with Crippen LogP contribution in [0.15, 0.2) is 17.5 Å². The Hall–Kier alpha value is -1.29. The Morgan fingerprint density at radius 1 is 1.27 bits per heavy atom. The van der Waals surface area contributed by atoms with E-state index in [1.54, 1.807) is 6.07 Å². The molecule has 0 saturated carbocycles. The summed E-state index contributed by atoms with van der Waals surface area (Å²) in [5, 5.41) is 2.86. The molecule has 0 unspecified atom stereocenters. The second-order valence-electron chi connectivity index (χ2n) is 2.28. The van der Waals surface area contributed by atoms with Crippen molar-refractivity contribution in [3.8, 4) is 0 Å². The molecule has 2 rings (SSSR count). The zero-order chi connectivity index (χ0) is 7.84. The molecule has 2 aromatic rings. The van der Waals surface area contributed by atoms with Crippen molar-refractivity contribution in [3.05, 3.63) is 17.5 Å². The summed E-state index contributed by atoms with van der Waals surface area (Å²) in [6, 6.07) is 3.65. The van der Waals surface area contributed by atoms with Gasteiger partial charge in [-0.1, -0.05) is 0 Å². The predicted octanol–water partition coefficient (Wildman–Crippen LogP) is 1.46. The fourth-order valence-electron chi connectivity index (χ4n) is 0.947. The van der Waals surface area contributed by atoms with E-state index in [-0.39, 0.29) is 0 Å². The van der Waals surface area contributed by atoms with E-state index < -0.39 is 0 Å². The number of aromatic nitrogens is 1. The van der Waals surface area contributed by atoms with Gasteiger partial charge in [0.1, 0.15) is 10.6 Å². The third-order valence-electron chi connectivity index (χ3n) is 1.49. The van der Waals surface area contributed by atoms with Gasteiger partial charge in [-0.05, 0) is 12.1 Å². The summed E-state index contributed by atoms with van der Waals surface area (Å²) in [6.07, 6.45) is 0. The Morgan fingerprint density at radius 2 is 2.09 bits per heavy atom. The van der Waals surface area contributed by atoms with E-state index in [9.17, 15) is 0 Å². The van der Waals surface area contributed by atoms with Crippen molar-refractivity contribution in [2.45, 2.75) is 0 Å². The minimum Gasteiger partial charge on any atom is -0.398 e. The average Bonchev–Trinajstić information content (AvgIpc) is 2.32. The van der Waals surface area contributed by atoms with E-state index in [4.69, 9.17) is 11.5 Å². The zero-order valence-electron chi connectivity index (χ0n) is 5.74. The van der Waals surface area contributed by atoms with Crippen LogP contribution < -0.4 is 11.5 Å². The molecule has 0 spiro atoms. The van der Waals surface area contributed by atoms with Gasteiger partial charge >= 0.3 is 0 Å². The summed E-state index contributed by atoms with van der Waals surface area (Å²) >= 11 is 1.51. The van der Waals surface area contributed by atoms with E-state index in [0.717, 1.165) is 15.9 Å². The second-order valence-corrected chi connectivity index (χ2v) is 3.14. The van der Waals surface area contributed by atoms with Gasteiger partial charge in [0.25, 0.3) is 0 Å². The molecule has 4 heteroatoms. The third-order valence-corrected chi connectivity index (χ3v) is 2.40. The lowest BCUT2D eigenvalue weighted by atomic mass is 10.3. The standard InChI is InChI=1S/C7H7N3S/c8-5-3-11-7-4(5)1-2-6(9)10-7/h1-3H,8H2,(H2,9,10). The third kappa shape index (κ3) is 0.914. The van der Waals surface area contributed by atoms with Crippen LogP contribution in [-0.4, -0.2) is 4.98 Å². The van der Waals surface area contributed by atoms with Crippen LogP contribution in [0, 0.1) is 0 Å². The highest BCUT2D eigenvalue weighted by molar-refractivity contribution is 7.17. The van der Waals surface area contributed by atoms with E-state index in [1.807, 2.05) is 11.4 Å². The number of anilines is 2. The van der Waals surface area contributed by atoms with Crippen molar-refractivity contribution >= 4 is 33.1 Å². The molecular weight excluding hydrogens is 158 g/mol. The Bertz CT molecular complexity index is 393. The van der Waals surface area contributed by atoms with Crippen LogP contribution in [-0.2, 0) is 0 Å². The van der Waals surface area contributed by atoms with Crippen LogP contribution in [0.1, 0.15) is 0 Å². The Balaban J connectivity index is 2.86. The molecule has 56 valence electrons. The molecule has 0 amide bonds. The van der Waals surface area contributed by atoms with Gasteiger partial charge in [0.05, 0.1) is 5.69 Å². The number of hydrogen-bond donors (Lipinski definition) is 2. The molecule has 3 nitrogen and oxygen atoms in total. The van der Waals surface area contributed by atoms with Crippen LogP contribution in [0.3, 0.4) is 0 Å². The molecule has 0 aliphatic carbocycles. The SMILES string of the molecule is Nc1ccc2c(N)csc2n1. The molecule has 11 heavy (non-hydrogen) atoms. The first kappa shape index (κ1) is 6.42. The van der Waals surface area contributed by atoms with Crippen molar-refractivity contribution in [1.82, 2.24) is 4.98 Å². The lowest BCUT2D eigenvalue weighted by Crippen LogP contribution is -1.88. The van der Waals surface area contributed by atoms with Crippen molar-refractivity contribution in [3.63, 3.8) is 0 Å². The number of thiophene rings is 1. The Kier molecular flexibility index (Phi) is 1.22. The number of nitrogens with zero attached hydrogens (tertiary/aromatic N) is 1. The zero-order valence-corrected chi connectivity index (χ0v) is 6.56. The van der Waals surface area contributed by atoms with Crippen LogP contribution in [0.5, 0.6) is 0 Å². The number of nitrogen functional groups attached to an aromatic ring is 2. The van der Waals surface area contributed by atoms with E-state index in [1.165, 1.54) is 11.3 Å². The first-order chi connectivity index (χ1) is 5.27. The van der Waals surface area contributed by atoms with Crippen molar-refractivity contribution in [2.24, 2.45) is 0 Å². The summed E-state index contributed by atoms with van der Waals surface area (Å²) in [5.74, 6) is 0.541. The summed E-state index contributed by atoms with van der Waals surface area (Å²) < 4.78 is 0. The molecule has 0 atom stereocenters. The Morgan fingerprint density at radius 3 is 2.91 bits per heavy atom. The average molecular weight is 165 g/mol. The van der Waals surface area contributed by atoms with E-state index >= 15 is 0 Å². The molecular formula is C7H7N3S. The van der Waals surface area contributed by atoms with Gasteiger partial charge in [-0.25, -0.2) is 4.98 Å². The molecule has 0 fully saturated rings. The quantitative estimate of drug-likeness (QED) is 0.621. The van der Waals surface area contributed by atoms with Crippen LogP contribution in [0.2, 0.25) is 0 Å². The molecule has 0 bridgehead atoms. The summed E-state index contributed by atoms with van der Waals surface area (Å²) in [4.78, 5) is 5.02. The van der Waals surface area contributed by atoms with Gasteiger partial charge in [0, 0.05) is 10.8 Å². The van der Waals surface area contributed by atoms with E-state index in [2.05, 4.69) is 4.98 Å². The number of fused-ring (bicyclic) bond motifs is 1. The maximum atomic E-state index is 5.66. The maximum absolute atomic E-state index is 5.66. The summed E-state index contributed by atoms with van der Waals surface area (Å²) in [7, 11) is 0. The first-order valence-corrected chi connectivity index (χ1v) is 4.04. The molecule has 0 aromatic carbocycles. The molecule has 4 N–H and O–H groups in total. The normalized spacial score (nSPS) is 10.5. The number of rotatable bonds is 0. The van der Waals surface area contributed by atoms with Gasteiger partial charge in [0.2, 0.25) is 0 Å². The highest BCUT2D eigenvalue weighted by Gasteiger charge is 2.00. The highest BCUT2D eigenvalue weighted by atomic mass is 32.1. The summed E-state index contributed by atoms with van der Waals surface area (Å²) in [5.41, 5.74) is 11.9. The number of pyridine rings is 1. The molecule has 2 aromatic heterocycles. The van der Waals surface area contributed by atoms with Crippen LogP contribution in [0.25, 0.3) is 10.2 Å². The second kappa shape index (κ2) is 2.10. The first-order valence-electron chi connectivity index (χ1n) is 3.16. The Labute approximate surface area is 67.7 Å². The molecule has 0 saturated heterocycles. The van der Waals surface area contributed by atoms with Crippen LogP contribution in [0.4, 0.5) is 11.5 Å². The largest absolute Gasteiger partial charge is 0.398 e. The van der Waals surface area contributed by atoms with Gasteiger partial charge in [0.15, 0.2) is 0 Å². The highest BCUT2D eigenvalue weighted by Crippen LogP contribution is 2.26. The van der Waals surface area contributed by atoms with Crippen molar-refractivity contribution < 1.29 is 0 Å². The molecule has 0 aliphatic rings. The smallest absolute Gasteiger partial charge is 0.127 e. The fraction of sp³-hybridized carbons (Fsp3) is 0. The monoisotopic (exact) mass is 165 g/mol. The topological polar surface area (TPSA) is 64.9 Å². The molecule has 0 radical (unpaired) electrons. The summed E-state index contributed by atoms with van der Waals surface area (Å²) in [6.45, 7) is 0.